The lowest BCUT2D eigenvalue weighted by molar-refractivity contribution is 0.647. The Bertz CT molecular complexity index is 647. The minimum atomic E-state index is 0.706. The van der Waals surface area contributed by atoms with Gasteiger partial charge in [0, 0.05) is 17.8 Å². The van der Waals surface area contributed by atoms with Crippen molar-refractivity contribution in [1.82, 2.24) is 9.38 Å². The average molecular weight is 256 g/mol. The van der Waals surface area contributed by atoms with Crippen LogP contribution in [0.1, 0.15) is 19.4 Å². The van der Waals surface area contributed by atoms with Gasteiger partial charge in [0.15, 0.2) is 4.96 Å². The van der Waals surface area contributed by atoms with E-state index in [-0.39, 0.29) is 0 Å². The first-order valence-electron chi connectivity index (χ1n) is 6.24. The third-order valence-corrected chi connectivity index (χ3v) is 3.89. The molecule has 0 spiro atoms. The van der Waals surface area contributed by atoms with Crippen LogP contribution < -0.4 is 0 Å². The molecule has 3 heteroatoms. The summed E-state index contributed by atoms with van der Waals surface area (Å²) in [5.41, 5.74) is 3.89. The molecule has 0 saturated carbocycles. The summed E-state index contributed by atoms with van der Waals surface area (Å²) in [5, 5.41) is 2.17. The van der Waals surface area contributed by atoms with Crippen molar-refractivity contribution >= 4 is 16.3 Å². The van der Waals surface area contributed by atoms with Gasteiger partial charge in [-0.2, -0.15) is 0 Å². The van der Waals surface area contributed by atoms with Crippen LogP contribution in [0.2, 0.25) is 0 Å². The molecule has 0 aliphatic heterocycles. The van der Waals surface area contributed by atoms with E-state index in [0.717, 1.165) is 11.4 Å². The van der Waals surface area contributed by atoms with Crippen molar-refractivity contribution in [1.29, 1.82) is 0 Å². The molecule has 0 atom stereocenters. The first kappa shape index (κ1) is 11.5. The van der Waals surface area contributed by atoms with Crippen LogP contribution in [0.4, 0.5) is 0 Å². The molecule has 0 amide bonds. The topological polar surface area (TPSA) is 17.3 Å². The molecule has 1 aromatic carbocycles. The normalized spacial score (nSPS) is 11.5. The molecular formula is C15H16N2S. The molecule has 0 unspecified atom stereocenters. The summed E-state index contributed by atoms with van der Waals surface area (Å²) in [6, 6.07) is 8.88. The Morgan fingerprint density at radius 1 is 1.22 bits per heavy atom. The summed E-state index contributed by atoms with van der Waals surface area (Å²) in [5.74, 6) is 0.706. The maximum absolute atomic E-state index is 4.30. The Kier molecular flexibility index (Phi) is 2.92. The molecule has 92 valence electrons. The highest BCUT2D eigenvalue weighted by Gasteiger charge is 2.06. The van der Waals surface area contributed by atoms with Crippen LogP contribution in [0.5, 0.6) is 0 Å². The van der Waals surface area contributed by atoms with Crippen molar-refractivity contribution in [2.45, 2.75) is 20.3 Å². The first-order valence-corrected chi connectivity index (χ1v) is 7.12. The fourth-order valence-electron chi connectivity index (χ4n) is 2.22. The number of thiazole rings is 1. The minimum absolute atomic E-state index is 0.706. The van der Waals surface area contributed by atoms with Crippen molar-refractivity contribution in [3.05, 3.63) is 47.6 Å². The van der Waals surface area contributed by atoms with E-state index in [9.17, 15) is 0 Å². The fourth-order valence-corrected chi connectivity index (χ4v) is 3.08. The van der Waals surface area contributed by atoms with Gasteiger partial charge in [0.05, 0.1) is 5.69 Å². The Morgan fingerprint density at radius 3 is 2.72 bits per heavy atom. The fraction of sp³-hybridized carbons (Fsp3) is 0.267. The zero-order chi connectivity index (χ0) is 12.5. The van der Waals surface area contributed by atoms with Gasteiger partial charge in [0.25, 0.3) is 0 Å². The summed E-state index contributed by atoms with van der Waals surface area (Å²) in [6.45, 7) is 4.50. The molecular weight excluding hydrogens is 240 g/mol. The molecule has 0 fully saturated rings. The summed E-state index contributed by atoms with van der Waals surface area (Å²) in [4.78, 5) is 5.36. The molecule has 0 saturated heterocycles. The van der Waals surface area contributed by atoms with Gasteiger partial charge in [-0.25, -0.2) is 4.98 Å². The maximum atomic E-state index is 4.30. The van der Waals surface area contributed by atoms with Gasteiger partial charge in [-0.05, 0) is 23.5 Å². The Labute approximate surface area is 111 Å². The van der Waals surface area contributed by atoms with E-state index in [2.05, 4.69) is 52.9 Å². The van der Waals surface area contributed by atoms with Crippen LogP contribution in [-0.4, -0.2) is 9.38 Å². The van der Waals surface area contributed by atoms with Crippen molar-refractivity contribution in [2.24, 2.45) is 5.92 Å². The van der Waals surface area contributed by atoms with Crippen molar-refractivity contribution < 1.29 is 0 Å². The average Bonchev–Trinajstić information content (AvgIpc) is 2.91. The highest BCUT2D eigenvalue weighted by atomic mass is 32.1. The maximum Gasteiger partial charge on any atom is 0.194 e. The van der Waals surface area contributed by atoms with E-state index in [1.165, 1.54) is 16.8 Å². The third kappa shape index (κ3) is 2.06. The molecule has 0 N–H and O–H groups in total. The van der Waals surface area contributed by atoms with E-state index in [1.54, 1.807) is 11.3 Å². The summed E-state index contributed by atoms with van der Waals surface area (Å²) in [7, 11) is 0. The second-order valence-electron chi connectivity index (χ2n) is 5.00. The molecule has 0 aliphatic carbocycles. The molecule has 2 aromatic heterocycles. The Hall–Kier alpha value is -1.61. The van der Waals surface area contributed by atoms with Gasteiger partial charge in [0.1, 0.15) is 0 Å². The lowest BCUT2D eigenvalue weighted by Crippen LogP contribution is -1.93. The van der Waals surface area contributed by atoms with Crippen LogP contribution in [0.15, 0.2) is 42.0 Å². The molecule has 2 nitrogen and oxygen atoms in total. The molecule has 0 bridgehead atoms. The van der Waals surface area contributed by atoms with E-state index in [4.69, 9.17) is 0 Å². The van der Waals surface area contributed by atoms with E-state index < -0.39 is 0 Å². The zero-order valence-corrected chi connectivity index (χ0v) is 11.4. The Balaban J connectivity index is 1.95. The smallest absolute Gasteiger partial charge is 0.194 e. The number of aromatic nitrogens is 2. The summed E-state index contributed by atoms with van der Waals surface area (Å²) in [6.07, 6.45) is 5.01. The number of hydrogen-bond donors (Lipinski definition) is 0. The molecule has 2 heterocycles. The molecule has 0 aliphatic rings. The predicted molar refractivity (Wildman–Crippen MR) is 77.0 cm³/mol. The number of hydrogen-bond acceptors (Lipinski definition) is 2. The lowest BCUT2D eigenvalue weighted by Gasteiger charge is -2.06. The standard InChI is InChI=1S/C15H16N2S/c1-11(2)9-12-3-5-13(6-4-12)14-10-18-15-16-7-8-17(14)15/h3-8,10-11H,9H2,1-2H3. The molecule has 3 aromatic rings. The summed E-state index contributed by atoms with van der Waals surface area (Å²) < 4.78 is 2.14. The highest BCUT2D eigenvalue weighted by Crippen LogP contribution is 2.25. The van der Waals surface area contributed by atoms with Crippen LogP contribution in [0.25, 0.3) is 16.2 Å². The number of benzene rings is 1. The molecule has 18 heavy (non-hydrogen) atoms. The Morgan fingerprint density at radius 2 is 2.00 bits per heavy atom. The third-order valence-electron chi connectivity index (χ3n) is 3.04. The van der Waals surface area contributed by atoms with Crippen molar-refractivity contribution in [3.8, 4) is 11.3 Å². The zero-order valence-electron chi connectivity index (χ0n) is 10.6. The van der Waals surface area contributed by atoms with Gasteiger partial charge in [-0.15, -0.1) is 11.3 Å². The minimum Gasteiger partial charge on any atom is -0.290 e. The SMILES string of the molecule is CC(C)Cc1ccc(-c2csc3nccn23)cc1. The van der Waals surface area contributed by atoms with Gasteiger partial charge >= 0.3 is 0 Å². The van der Waals surface area contributed by atoms with Crippen LogP contribution >= 0.6 is 11.3 Å². The number of nitrogens with zero attached hydrogens (tertiary/aromatic N) is 2. The first-order chi connectivity index (χ1) is 8.74. The quantitative estimate of drug-likeness (QED) is 0.684. The van der Waals surface area contributed by atoms with Crippen LogP contribution in [0, 0.1) is 5.92 Å². The second-order valence-corrected chi connectivity index (χ2v) is 5.83. The molecule has 0 radical (unpaired) electrons. The monoisotopic (exact) mass is 256 g/mol. The van der Waals surface area contributed by atoms with E-state index in [0.29, 0.717) is 5.92 Å². The largest absolute Gasteiger partial charge is 0.290 e. The predicted octanol–water partition coefficient (Wildman–Crippen LogP) is 4.26. The van der Waals surface area contributed by atoms with Gasteiger partial charge in [0.2, 0.25) is 0 Å². The number of fused-ring (bicyclic) bond motifs is 1. The van der Waals surface area contributed by atoms with Crippen molar-refractivity contribution in [2.75, 3.05) is 0 Å². The van der Waals surface area contributed by atoms with E-state index >= 15 is 0 Å². The summed E-state index contributed by atoms with van der Waals surface area (Å²) >= 11 is 1.68. The highest BCUT2D eigenvalue weighted by molar-refractivity contribution is 7.15. The van der Waals surface area contributed by atoms with Crippen molar-refractivity contribution in [3.63, 3.8) is 0 Å². The van der Waals surface area contributed by atoms with Gasteiger partial charge < -0.3 is 0 Å². The molecule has 3 rings (SSSR count). The van der Waals surface area contributed by atoms with Crippen LogP contribution in [-0.2, 0) is 6.42 Å². The van der Waals surface area contributed by atoms with Gasteiger partial charge in [-0.1, -0.05) is 38.1 Å². The van der Waals surface area contributed by atoms with Gasteiger partial charge in [-0.3, -0.25) is 4.40 Å². The second kappa shape index (κ2) is 4.58. The van der Waals surface area contributed by atoms with Crippen LogP contribution in [0.3, 0.4) is 0 Å². The number of imidazole rings is 1. The lowest BCUT2D eigenvalue weighted by atomic mass is 10.0. The number of rotatable bonds is 3. The van der Waals surface area contributed by atoms with E-state index in [1.807, 2.05) is 12.4 Å².